The molecule has 1 radical (unpaired) electrons. The molecule has 0 fully saturated rings. The third-order valence-electron chi connectivity index (χ3n) is 3.11. The molecule has 0 aliphatic heterocycles. The van der Waals surface area contributed by atoms with Crippen LogP contribution in [0.5, 0.6) is 0 Å². The average Bonchev–Trinajstić information content (AvgIpc) is 2.33. The van der Waals surface area contributed by atoms with E-state index in [-0.39, 0.29) is 0 Å². The van der Waals surface area contributed by atoms with Crippen LogP contribution < -0.4 is 0 Å². The monoisotopic (exact) mass is 217 g/mol. The molecule has 16 heavy (non-hydrogen) atoms. The summed E-state index contributed by atoms with van der Waals surface area (Å²) in [5.74, 6) is 0.761. The normalized spacial score (nSPS) is 12.6. The minimum absolute atomic E-state index is 0.761. The van der Waals surface area contributed by atoms with Crippen molar-refractivity contribution in [2.24, 2.45) is 5.92 Å². The van der Waals surface area contributed by atoms with Gasteiger partial charge >= 0.3 is 0 Å². The van der Waals surface area contributed by atoms with Crippen LogP contribution in [-0.4, -0.2) is 0 Å². The van der Waals surface area contributed by atoms with Crippen LogP contribution in [0.2, 0.25) is 0 Å². The van der Waals surface area contributed by atoms with Crippen LogP contribution in [-0.2, 0) is 6.42 Å². The topological polar surface area (TPSA) is 0 Å². The molecule has 1 aromatic carbocycles. The molecule has 1 rings (SSSR count). The van der Waals surface area contributed by atoms with Gasteiger partial charge in [0, 0.05) is 0 Å². The van der Waals surface area contributed by atoms with Crippen molar-refractivity contribution in [3.63, 3.8) is 0 Å². The summed E-state index contributed by atoms with van der Waals surface area (Å²) >= 11 is 0. The number of hydrogen-bond acceptors (Lipinski definition) is 0. The lowest BCUT2D eigenvalue weighted by Crippen LogP contribution is -1.98. The summed E-state index contributed by atoms with van der Waals surface area (Å²) in [6.07, 6.45) is 10.5. The van der Waals surface area contributed by atoms with Crippen molar-refractivity contribution in [2.75, 3.05) is 0 Å². The minimum Gasteiger partial charge on any atom is -0.0654 e. The van der Waals surface area contributed by atoms with E-state index in [0.717, 1.165) is 12.3 Å². The Morgan fingerprint density at radius 3 is 2.50 bits per heavy atom. The Morgan fingerprint density at radius 1 is 1.06 bits per heavy atom. The molecule has 1 aromatic rings. The molecule has 0 aliphatic rings. The van der Waals surface area contributed by atoms with Gasteiger partial charge in [0.2, 0.25) is 0 Å². The third kappa shape index (κ3) is 5.95. The summed E-state index contributed by atoms with van der Waals surface area (Å²) in [5.41, 5.74) is 1.43. The Labute approximate surface area is 101 Å². The molecule has 89 valence electrons. The molecule has 0 nitrogen and oxygen atoms in total. The van der Waals surface area contributed by atoms with Gasteiger partial charge in [0.1, 0.15) is 0 Å². The van der Waals surface area contributed by atoms with E-state index >= 15 is 0 Å². The molecule has 0 amide bonds. The fourth-order valence-corrected chi connectivity index (χ4v) is 1.96. The minimum atomic E-state index is 0.761. The summed E-state index contributed by atoms with van der Waals surface area (Å²) in [6.45, 7) is 4.61. The highest BCUT2D eigenvalue weighted by atomic mass is 14.1. The first-order valence-corrected chi connectivity index (χ1v) is 6.70. The predicted molar refractivity (Wildman–Crippen MR) is 72.4 cm³/mol. The van der Waals surface area contributed by atoms with Crippen LogP contribution in [0.4, 0.5) is 0 Å². The smallest absolute Gasteiger partial charge is 0.0245 e. The first-order chi connectivity index (χ1) is 7.83. The van der Waals surface area contributed by atoms with Crippen LogP contribution >= 0.6 is 0 Å². The molecule has 0 saturated carbocycles. The van der Waals surface area contributed by atoms with E-state index in [1.54, 1.807) is 0 Å². The van der Waals surface area contributed by atoms with Gasteiger partial charge in [-0.2, -0.15) is 0 Å². The van der Waals surface area contributed by atoms with E-state index in [4.69, 9.17) is 0 Å². The highest BCUT2D eigenvalue weighted by molar-refractivity contribution is 5.16. The molecule has 0 aliphatic carbocycles. The average molecular weight is 217 g/mol. The molecule has 0 heterocycles. The molecule has 1 atom stereocenters. The second-order valence-corrected chi connectivity index (χ2v) is 4.75. The van der Waals surface area contributed by atoms with Gasteiger partial charge in [-0.15, -0.1) is 0 Å². The van der Waals surface area contributed by atoms with E-state index in [0.29, 0.717) is 0 Å². The zero-order valence-electron chi connectivity index (χ0n) is 10.8. The number of rotatable bonds is 8. The summed E-state index contributed by atoms with van der Waals surface area (Å²) in [5, 5.41) is 0. The fourth-order valence-electron chi connectivity index (χ4n) is 1.96. The predicted octanol–water partition coefficient (Wildman–Crippen LogP) is 5.04. The van der Waals surface area contributed by atoms with Gasteiger partial charge in [0.25, 0.3) is 0 Å². The Kier molecular flexibility index (Phi) is 6.96. The van der Waals surface area contributed by atoms with Crippen molar-refractivity contribution in [1.29, 1.82) is 0 Å². The molecule has 0 spiro atoms. The quantitative estimate of drug-likeness (QED) is 0.535. The van der Waals surface area contributed by atoms with Crippen LogP contribution in [0.25, 0.3) is 0 Å². The largest absolute Gasteiger partial charge is 0.0654 e. The maximum absolute atomic E-state index is 2.46. The zero-order chi connectivity index (χ0) is 11.6. The third-order valence-corrected chi connectivity index (χ3v) is 3.11. The molecule has 0 heteroatoms. The second-order valence-electron chi connectivity index (χ2n) is 4.75. The summed E-state index contributed by atoms with van der Waals surface area (Å²) in [7, 11) is 0. The molecular formula is C16H25. The fraction of sp³-hybridized carbons (Fsp3) is 0.562. The highest BCUT2D eigenvalue weighted by Crippen LogP contribution is 2.15. The van der Waals surface area contributed by atoms with E-state index in [9.17, 15) is 0 Å². The van der Waals surface area contributed by atoms with Gasteiger partial charge in [0.15, 0.2) is 0 Å². The lowest BCUT2D eigenvalue weighted by atomic mass is 9.95. The molecule has 0 N–H and O–H groups in total. The van der Waals surface area contributed by atoms with Crippen molar-refractivity contribution in [3.8, 4) is 0 Å². The van der Waals surface area contributed by atoms with Gasteiger partial charge in [-0.1, -0.05) is 76.3 Å². The highest BCUT2D eigenvalue weighted by Gasteiger charge is 2.02. The van der Waals surface area contributed by atoms with Crippen LogP contribution in [0, 0.1) is 12.3 Å². The van der Waals surface area contributed by atoms with Crippen molar-refractivity contribution in [3.05, 3.63) is 42.3 Å². The van der Waals surface area contributed by atoms with Gasteiger partial charge < -0.3 is 0 Å². The number of unbranched alkanes of at least 4 members (excludes halogenated alkanes) is 3. The van der Waals surface area contributed by atoms with Crippen molar-refractivity contribution in [2.45, 2.75) is 52.4 Å². The van der Waals surface area contributed by atoms with Crippen molar-refractivity contribution < 1.29 is 0 Å². The lowest BCUT2D eigenvalue weighted by Gasteiger charge is -2.10. The Bertz CT molecular complexity index is 250. The first kappa shape index (κ1) is 13.3. The van der Waals surface area contributed by atoms with E-state index in [1.165, 1.54) is 37.7 Å². The molecule has 1 unspecified atom stereocenters. The van der Waals surface area contributed by atoms with E-state index in [2.05, 4.69) is 50.6 Å². The number of hydrogen-bond donors (Lipinski definition) is 0. The maximum atomic E-state index is 2.46. The Morgan fingerprint density at radius 2 is 1.81 bits per heavy atom. The molecular weight excluding hydrogens is 192 g/mol. The van der Waals surface area contributed by atoms with Gasteiger partial charge in [0.05, 0.1) is 0 Å². The standard InChI is InChI=1S/C16H25/c1-3-4-5-7-10-15(2)13-14-16-11-8-6-9-12-16/h6,8-9,11-13,15H,3-5,7,10,14H2,1-2H3. The zero-order valence-corrected chi connectivity index (χ0v) is 10.8. The molecule has 0 saturated heterocycles. The second kappa shape index (κ2) is 8.38. The first-order valence-electron chi connectivity index (χ1n) is 6.70. The van der Waals surface area contributed by atoms with E-state index in [1.807, 2.05) is 0 Å². The van der Waals surface area contributed by atoms with E-state index < -0.39 is 0 Å². The van der Waals surface area contributed by atoms with Crippen LogP contribution in [0.3, 0.4) is 0 Å². The van der Waals surface area contributed by atoms with Crippen LogP contribution in [0.15, 0.2) is 30.3 Å². The summed E-state index contributed by atoms with van der Waals surface area (Å²) in [6, 6.07) is 10.7. The van der Waals surface area contributed by atoms with Gasteiger partial charge in [-0.25, -0.2) is 0 Å². The summed E-state index contributed by atoms with van der Waals surface area (Å²) < 4.78 is 0. The Hall–Kier alpha value is -0.780. The van der Waals surface area contributed by atoms with Gasteiger partial charge in [-0.05, 0) is 24.3 Å². The maximum Gasteiger partial charge on any atom is -0.0245 e. The number of benzene rings is 1. The molecule has 0 aromatic heterocycles. The van der Waals surface area contributed by atoms with Crippen molar-refractivity contribution >= 4 is 0 Å². The summed E-state index contributed by atoms with van der Waals surface area (Å²) in [4.78, 5) is 0. The van der Waals surface area contributed by atoms with Crippen molar-refractivity contribution in [1.82, 2.24) is 0 Å². The Balaban J connectivity index is 2.08. The SMILES string of the molecule is CCCCCCC(C)[CH]Cc1ccccc1. The van der Waals surface area contributed by atoms with Crippen LogP contribution in [0.1, 0.15) is 51.5 Å². The van der Waals surface area contributed by atoms with Gasteiger partial charge in [-0.3, -0.25) is 0 Å². The molecule has 0 bridgehead atoms. The lowest BCUT2D eigenvalue weighted by molar-refractivity contribution is 0.531.